The highest BCUT2D eigenvalue weighted by molar-refractivity contribution is 7.11. The van der Waals surface area contributed by atoms with E-state index in [-0.39, 0.29) is 24.4 Å². The highest BCUT2D eigenvalue weighted by atomic mass is 32.1. The number of carbonyl (C=O) groups is 3. The van der Waals surface area contributed by atoms with Crippen molar-refractivity contribution >= 4 is 29.2 Å². The molecule has 1 saturated heterocycles. The summed E-state index contributed by atoms with van der Waals surface area (Å²) in [7, 11) is 1.46. The molecule has 4 amide bonds. The molecule has 0 radical (unpaired) electrons. The van der Waals surface area contributed by atoms with Gasteiger partial charge in [-0.3, -0.25) is 19.8 Å². The average molecular weight is 339 g/mol. The fourth-order valence-corrected chi connectivity index (χ4v) is 3.14. The minimum atomic E-state index is -0.503. The Morgan fingerprint density at radius 1 is 1.35 bits per heavy atom. The summed E-state index contributed by atoms with van der Waals surface area (Å²) in [6.07, 6.45) is 1.55. The summed E-state index contributed by atoms with van der Waals surface area (Å²) in [5, 5.41) is 7.60. The van der Waals surface area contributed by atoms with E-state index in [1.807, 2.05) is 11.8 Å². The number of hydrogen-bond acceptors (Lipinski definition) is 6. The van der Waals surface area contributed by atoms with Crippen molar-refractivity contribution in [2.24, 2.45) is 0 Å². The van der Waals surface area contributed by atoms with Crippen LogP contribution in [0, 0.1) is 6.92 Å². The molecule has 1 fully saturated rings. The molecule has 3 N–H and O–H groups in total. The molecule has 23 heavy (non-hydrogen) atoms. The number of urea groups is 1. The summed E-state index contributed by atoms with van der Waals surface area (Å²) < 4.78 is 0. The summed E-state index contributed by atoms with van der Waals surface area (Å²) in [6, 6.07) is -0.403. The minimum Gasteiger partial charge on any atom is -0.348 e. The quantitative estimate of drug-likeness (QED) is 0.722. The number of thiazole rings is 1. The zero-order chi connectivity index (χ0) is 16.8. The van der Waals surface area contributed by atoms with Crippen LogP contribution >= 0.6 is 11.3 Å². The molecule has 0 saturated carbocycles. The zero-order valence-electron chi connectivity index (χ0n) is 13.2. The van der Waals surface area contributed by atoms with Gasteiger partial charge in [-0.2, -0.15) is 0 Å². The first-order valence-corrected chi connectivity index (χ1v) is 8.32. The number of carbonyl (C=O) groups excluding carboxylic acids is 3. The first kappa shape index (κ1) is 17.4. The number of rotatable bonds is 4. The van der Waals surface area contributed by atoms with Crippen LogP contribution in [0.1, 0.15) is 28.2 Å². The molecular weight excluding hydrogens is 318 g/mol. The second-order valence-corrected chi connectivity index (χ2v) is 6.27. The Labute approximate surface area is 138 Å². The smallest absolute Gasteiger partial charge is 0.321 e. The predicted octanol–water partition coefficient (Wildman–Crippen LogP) is 0.101. The van der Waals surface area contributed by atoms with Crippen LogP contribution in [-0.2, 0) is 4.79 Å². The number of aromatic nitrogens is 1. The van der Waals surface area contributed by atoms with Crippen LogP contribution in [0.25, 0.3) is 0 Å². The van der Waals surface area contributed by atoms with Crippen molar-refractivity contribution in [2.75, 3.05) is 26.7 Å². The normalized spacial score (nSPS) is 15.9. The van der Waals surface area contributed by atoms with Crippen LogP contribution < -0.4 is 16.0 Å². The van der Waals surface area contributed by atoms with Gasteiger partial charge in [0.25, 0.3) is 5.91 Å². The van der Waals surface area contributed by atoms with Gasteiger partial charge in [0.2, 0.25) is 5.91 Å². The molecule has 9 heteroatoms. The van der Waals surface area contributed by atoms with Gasteiger partial charge in [-0.05, 0) is 19.8 Å². The minimum absolute atomic E-state index is 0.0826. The summed E-state index contributed by atoms with van der Waals surface area (Å²) in [6.45, 7) is 3.41. The molecule has 0 bridgehead atoms. The second kappa shape index (κ2) is 8.02. The largest absolute Gasteiger partial charge is 0.348 e. The number of imide groups is 1. The van der Waals surface area contributed by atoms with Crippen LogP contribution in [0.4, 0.5) is 4.79 Å². The second-order valence-electron chi connectivity index (χ2n) is 5.42. The standard InChI is InChI=1S/C14H21N5O3S/c1-9-12(23-8-16-9)13(21)17-10-3-5-19(6-4-10)7-11(20)18-14(22)15-2/h8,10H,3-7H2,1-2H3,(H,17,21)(H2,15,18,20,22). The predicted molar refractivity (Wildman–Crippen MR) is 86.4 cm³/mol. The third kappa shape index (κ3) is 5.00. The van der Waals surface area contributed by atoms with E-state index >= 15 is 0 Å². The first-order valence-electron chi connectivity index (χ1n) is 7.44. The summed E-state index contributed by atoms with van der Waals surface area (Å²) >= 11 is 1.34. The van der Waals surface area contributed by atoms with Gasteiger partial charge in [0, 0.05) is 26.2 Å². The maximum Gasteiger partial charge on any atom is 0.321 e. The van der Waals surface area contributed by atoms with Gasteiger partial charge in [0.1, 0.15) is 4.88 Å². The number of likely N-dealkylation sites (tertiary alicyclic amines) is 1. The molecule has 0 aromatic carbocycles. The molecule has 1 aliphatic rings. The Kier molecular flexibility index (Phi) is 6.05. The van der Waals surface area contributed by atoms with E-state index in [0.717, 1.165) is 18.5 Å². The maximum absolute atomic E-state index is 12.1. The molecule has 0 atom stereocenters. The van der Waals surface area contributed by atoms with Crippen LogP contribution in [0.15, 0.2) is 5.51 Å². The fourth-order valence-electron chi connectivity index (χ4n) is 2.44. The van der Waals surface area contributed by atoms with E-state index in [0.29, 0.717) is 18.0 Å². The molecule has 1 aliphatic heterocycles. The Morgan fingerprint density at radius 3 is 2.61 bits per heavy atom. The van der Waals surface area contributed by atoms with E-state index in [1.165, 1.54) is 18.4 Å². The Bertz CT molecular complexity index is 581. The number of nitrogens with one attached hydrogen (secondary N) is 3. The van der Waals surface area contributed by atoms with Crippen molar-refractivity contribution in [3.8, 4) is 0 Å². The third-order valence-corrected chi connectivity index (χ3v) is 4.65. The molecule has 2 heterocycles. The summed E-state index contributed by atoms with van der Waals surface area (Å²) in [4.78, 5) is 41.6. The molecule has 0 unspecified atom stereocenters. The van der Waals surface area contributed by atoms with E-state index in [4.69, 9.17) is 0 Å². The lowest BCUT2D eigenvalue weighted by atomic mass is 10.0. The Hall–Kier alpha value is -2.00. The van der Waals surface area contributed by atoms with Crippen molar-refractivity contribution < 1.29 is 14.4 Å². The maximum atomic E-state index is 12.1. The van der Waals surface area contributed by atoms with Crippen molar-refractivity contribution in [1.29, 1.82) is 0 Å². The number of hydrogen-bond donors (Lipinski definition) is 3. The lowest BCUT2D eigenvalue weighted by Crippen LogP contribution is -2.48. The van der Waals surface area contributed by atoms with Crippen molar-refractivity contribution in [3.63, 3.8) is 0 Å². The summed E-state index contributed by atoms with van der Waals surface area (Å²) in [5.41, 5.74) is 2.41. The number of piperidine rings is 1. The van der Waals surface area contributed by atoms with Gasteiger partial charge in [-0.25, -0.2) is 9.78 Å². The van der Waals surface area contributed by atoms with Crippen molar-refractivity contribution in [1.82, 2.24) is 25.8 Å². The topological polar surface area (TPSA) is 103 Å². The highest BCUT2D eigenvalue weighted by Gasteiger charge is 2.23. The lowest BCUT2D eigenvalue weighted by Gasteiger charge is -2.31. The fraction of sp³-hybridized carbons (Fsp3) is 0.571. The zero-order valence-corrected chi connectivity index (χ0v) is 14.0. The number of amides is 4. The van der Waals surface area contributed by atoms with E-state index < -0.39 is 6.03 Å². The molecular formula is C14H21N5O3S. The van der Waals surface area contributed by atoms with Crippen LogP contribution in [0.3, 0.4) is 0 Å². The van der Waals surface area contributed by atoms with Gasteiger partial charge < -0.3 is 10.6 Å². The monoisotopic (exact) mass is 339 g/mol. The van der Waals surface area contributed by atoms with Crippen molar-refractivity contribution in [2.45, 2.75) is 25.8 Å². The number of aryl methyl sites for hydroxylation is 1. The number of nitrogens with zero attached hydrogens (tertiary/aromatic N) is 2. The molecule has 2 rings (SSSR count). The molecule has 1 aromatic rings. The molecule has 126 valence electrons. The third-order valence-electron chi connectivity index (χ3n) is 3.72. The van der Waals surface area contributed by atoms with Crippen LogP contribution in [-0.4, -0.2) is 60.5 Å². The van der Waals surface area contributed by atoms with Crippen LogP contribution in [0.2, 0.25) is 0 Å². The van der Waals surface area contributed by atoms with E-state index in [1.54, 1.807) is 5.51 Å². The van der Waals surface area contributed by atoms with Gasteiger partial charge in [0.05, 0.1) is 17.7 Å². The Morgan fingerprint density at radius 2 is 2.04 bits per heavy atom. The molecule has 1 aromatic heterocycles. The van der Waals surface area contributed by atoms with Gasteiger partial charge in [0.15, 0.2) is 0 Å². The first-order chi connectivity index (χ1) is 11.0. The highest BCUT2D eigenvalue weighted by Crippen LogP contribution is 2.15. The Balaban J connectivity index is 1.74. The summed E-state index contributed by atoms with van der Waals surface area (Å²) in [5.74, 6) is -0.409. The average Bonchev–Trinajstić information content (AvgIpc) is 2.95. The SMILES string of the molecule is CNC(=O)NC(=O)CN1CCC(NC(=O)c2scnc2C)CC1. The molecule has 8 nitrogen and oxygen atoms in total. The van der Waals surface area contributed by atoms with Gasteiger partial charge >= 0.3 is 6.03 Å². The van der Waals surface area contributed by atoms with E-state index in [9.17, 15) is 14.4 Å². The molecule has 0 aliphatic carbocycles. The van der Waals surface area contributed by atoms with Gasteiger partial charge in [-0.1, -0.05) is 0 Å². The van der Waals surface area contributed by atoms with Crippen LogP contribution in [0.5, 0.6) is 0 Å². The molecule has 0 spiro atoms. The van der Waals surface area contributed by atoms with Crippen molar-refractivity contribution in [3.05, 3.63) is 16.1 Å². The van der Waals surface area contributed by atoms with Gasteiger partial charge in [-0.15, -0.1) is 11.3 Å². The lowest BCUT2D eigenvalue weighted by molar-refractivity contribution is -0.121. The van der Waals surface area contributed by atoms with E-state index in [2.05, 4.69) is 20.9 Å².